The number of carbonyl (C=O) groups excluding carboxylic acids is 1. The van der Waals surface area contributed by atoms with Crippen LogP contribution >= 0.6 is 15.9 Å². The summed E-state index contributed by atoms with van der Waals surface area (Å²) < 4.78 is 6.57. The molecule has 1 fully saturated rings. The molecule has 1 aliphatic heterocycles. The molecule has 5 heteroatoms. The molecule has 2 rings (SSSR count). The Hall–Kier alpha value is -1.07. The zero-order valence-electron chi connectivity index (χ0n) is 11.1. The van der Waals surface area contributed by atoms with E-state index in [1.807, 2.05) is 25.1 Å². The van der Waals surface area contributed by atoms with Crippen LogP contribution in [-0.4, -0.2) is 30.2 Å². The highest BCUT2D eigenvalue weighted by Gasteiger charge is 2.21. The second-order valence-electron chi connectivity index (χ2n) is 4.95. The molecule has 1 aliphatic rings. The van der Waals surface area contributed by atoms with E-state index in [0.717, 1.165) is 29.5 Å². The van der Waals surface area contributed by atoms with Gasteiger partial charge in [-0.1, -0.05) is 28.1 Å². The van der Waals surface area contributed by atoms with Crippen molar-refractivity contribution >= 4 is 22.0 Å². The Morgan fingerprint density at radius 1 is 1.58 bits per heavy atom. The summed E-state index contributed by atoms with van der Waals surface area (Å²) in [7, 11) is 0. The van der Waals surface area contributed by atoms with E-state index in [1.165, 1.54) is 5.56 Å². The van der Waals surface area contributed by atoms with Gasteiger partial charge in [0.2, 0.25) is 0 Å². The molecule has 1 atom stereocenters. The lowest BCUT2D eigenvalue weighted by molar-refractivity contribution is 0.0811. The number of nitrogens with two attached hydrogens (primary N) is 1. The molecular weight excluding hydrogens is 308 g/mol. The smallest absolute Gasteiger partial charge is 0.315 e. The van der Waals surface area contributed by atoms with Gasteiger partial charge >= 0.3 is 6.03 Å². The quantitative estimate of drug-likeness (QED) is 0.924. The first-order valence-corrected chi connectivity index (χ1v) is 7.26. The number of primary amides is 1. The molecule has 2 amide bonds. The number of amides is 2. The van der Waals surface area contributed by atoms with Crippen molar-refractivity contribution in [2.45, 2.75) is 32.4 Å². The number of aryl methyl sites for hydroxylation is 1. The fourth-order valence-corrected chi connectivity index (χ4v) is 2.87. The maximum Gasteiger partial charge on any atom is 0.315 e. The molecule has 0 spiro atoms. The molecule has 1 aromatic carbocycles. The molecule has 1 saturated heterocycles. The van der Waals surface area contributed by atoms with Crippen LogP contribution in [0.1, 0.15) is 24.0 Å². The van der Waals surface area contributed by atoms with Crippen LogP contribution in [0.25, 0.3) is 0 Å². The summed E-state index contributed by atoms with van der Waals surface area (Å²) in [6, 6.07) is 5.69. The third-order valence-electron chi connectivity index (χ3n) is 3.33. The Bertz CT molecular complexity index is 459. The Morgan fingerprint density at radius 3 is 2.95 bits per heavy atom. The number of hydrogen-bond donors (Lipinski definition) is 1. The molecule has 19 heavy (non-hydrogen) atoms. The van der Waals surface area contributed by atoms with Gasteiger partial charge < -0.3 is 15.4 Å². The van der Waals surface area contributed by atoms with Crippen molar-refractivity contribution in [3.8, 4) is 0 Å². The fraction of sp³-hybridized carbons (Fsp3) is 0.500. The lowest BCUT2D eigenvalue weighted by Gasteiger charge is -2.24. The number of hydrogen-bond acceptors (Lipinski definition) is 2. The molecular formula is C14H19BrN2O2. The van der Waals surface area contributed by atoms with Gasteiger partial charge in [0, 0.05) is 24.2 Å². The van der Waals surface area contributed by atoms with E-state index in [0.29, 0.717) is 13.1 Å². The third kappa shape index (κ3) is 3.94. The average Bonchev–Trinajstić information content (AvgIpc) is 2.84. The van der Waals surface area contributed by atoms with Crippen molar-refractivity contribution < 1.29 is 9.53 Å². The predicted octanol–water partition coefficient (Wildman–Crippen LogP) is 2.82. The largest absolute Gasteiger partial charge is 0.376 e. The summed E-state index contributed by atoms with van der Waals surface area (Å²) in [5.74, 6) is 0. The fourth-order valence-electron chi connectivity index (χ4n) is 2.25. The van der Waals surface area contributed by atoms with E-state index in [4.69, 9.17) is 10.5 Å². The number of benzene rings is 1. The number of ether oxygens (including phenoxy) is 1. The number of urea groups is 1. The minimum atomic E-state index is -0.400. The van der Waals surface area contributed by atoms with Crippen LogP contribution in [0.2, 0.25) is 0 Å². The molecule has 0 aliphatic carbocycles. The summed E-state index contributed by atoms with van der Waals surface area (Å²) >= 11 is 3.53. The second kappa shape index (κ2) is 6.39. The highest BCUT2D eigenvalue weighted by Crippen LogP contribution is 2.21. The third-order valence-corrected chi connectivity index (χ3v) is 4.07. The van der Waals surface area contributed by atoms with Crippen molar-refractivity contribution in [1.29, 1.82) is 0 Å². The van der Waals surface area contributed by atoms with E-state index in [9.17, 15) is 4.79 Å². The number of rotatable bonds is 4. The standard InChI is InChI=1S/C14H19BrN2O2/c1-10-4-5-11(13(15)7-10)8-17(14(16)18)9-12-3-2-6-19-12/h4-5,7,12H,2-3,6,8-9H2,1H3,(H2,16,18)/t12-/m0/s1. The lowest BCUT2D eigenvalue weighted by Crippen LogP contribution is -2.40. The highest BCUT2D eigenvalue weighted by atomic mass is 79.9. The van der Waals surface area contributed by atoms with Crippen molar-refractivity contribution in [2.75, 3.05) is 13.2 Å². The van der Waals surface area contributed by atoms with E-state index in [-0.39, 0.29) is 6.10 Å². The van der Waals surface area contributed by atoms with E-state index in [2.05, 4.69) is 15.9 Å². The predicted molar refractivity (Wildman–Crippen MR) is 77.8 cm³/mol. The summed E-state index contributed by atoms with van der Waals surface area (Å²) in [6.45, 7) is 3.89. The van der Waals surface area contributed by atoms with Gasteiger partial charge in [-0.15, -0.1) is 0 Å². The maximum atomic E-state index is 11.5. The Kier molecular flexibility index (Phi) is 4.82. The number of carbonyl (C=O) groups is 1. The Labute approximate surface area is 122 Å². The van der Waals surface area contributed by atoms with Gasteiger partial charge in [-0.3, -0.25) is 0 Å². The first kappa shape index (κ1) is 14.3. The van der Waals surface area contributed by atoms with Crippen LogP contribution in [0, 0.1) is 6.92 Å². The molecule has 1 heterocycles. The van der Waals surface area contributed by atoms with Gasteiger partial charge in [-0.05, 0) is 37.0 Å². The normalized spacial score (nSPS) is 18.5. The zero-order valence-corrected chi connectivity index (χ0v) is 12.6. The van der Waals surface area contributed by atoms with Crippen LogP contribution in [0.5, 0.6) is 0 Å². The van der Waals surface area contributed by atoms with Crippen molar-refractivity contribution in [1.82, 2.24) is 4.90 Å². The highest BCUT2D eigenvalue weighted by molar-refractivity contribution is 9.10. The molecule has 0 saturated carbocycles. The van der Waals surface area contributed by atoms with E-state index in [1.54, 1.807) is 4.90 Å². The van der Waals surface area contributed by atoms with Gasteiger partial charge in [0.15, 0.2) is 0 Å². The minimum Gasteiger partial charge on any atom is -0.376 e. The Balaban J connectivity index is 2.05. The average molecular weight is 327 g/mol. The topological polar surface area (TPSA) is 55.6 Å². The number of nitrogens with zero attached hydrogens (tertiary/aromatic N) is 1. The summed E-state index contributed by atoms with van der Waals surface area (Å²) in [5, 5.41) is 0. The molecule has 0 radical (unpaired) electrons. The van der Waals surface area contributed by atoms with Crippen molar-refractivity contribution in [3.63, 3.8) is 0 Å². The van der Waals surface area contributed by atoms with Gasteiger partial charge in [-0.25, -0.2) is 4.79 Å². The summed E-state index contributed by atoms with van der Waals surface area (Å²) in [6.07, 6.45) is 2.18. The van der Waals surface area contributed by atoms with Gasteiger partial charge in [0.05, 0.1) is 6.10 Å². The van der Waals surface area contributed by atoms with Crippen LogP contribution in [-0.2, 0) is 11.3 Å². The first-order valence-electron chi connectivity index (χ1n) is 6.47. The van der Waals surface area contributed by atoms with Crippen molar-refractivity contribution in [3.05, 3.63) is 33.8 Å². The molecule has 0 unspecified atom stereocenters. The number of halogens is 1. The van der Waals surface area contributed by atoms with Crippen LogP contribution in [0.3, 0.4) is 0 Å². The van der Waals surface area contributed by atoms with E-state index >= 15 is 0 Å². The van der Waals surface area contributed by atoms with Crippen LogP contribution < -0.4 is 5.73 Å². The maximum absolute atomic E-state index is 11.5. The van der Waals surface area contributed by atoms with Gasteiger partial charge in [0.25, 0.3) is 0 Å². The Morgan fingerprint density at radius 2 is 2.37 bits per heavy atom. The van der Waals surface area contributed by atoms with Crippen LogP contribution in [0.15, 0.2) is 22.7 Å². The molecule has 104 valence electrons. The summed E-state index contributed by atoms with van der Waals surface area (Å²) in [5.41, 5.74) is 7.70. The molecule has 4 nitrogen and oxygen atoms in total. The summed E-state index contributed by atoms with van der Waals surface area (Å²) in [4.78, 5) is 13.2. The van der Waals surface area contributed by atoms with E-state index < -0.39 is 6.03 Å². The van der Waals surface area contributed by atoms with Gasteiger partial charge in [-0.2, -0.15) is 0 Å². The van der Waals surface area contributed by atoms with Gasteiger partial charge in [0.1, 0.15) is 0 Å². The molecule has 2 N–H and O–H groups in total. The molecule has 0 bridgehead atoms. The van der Waals surface area contributed by atoms with Crippen molar-refractivity contribution in [2.24, 2.45) is 5.73 Å². The SMILES string of the molecule is Cc1ccc(CN(C[C@@H]2CCCO2)C(N)=O)c(Br)c1. The monoisotopic (exact) mass is 326 g/mol. The molecule has 1 aromatic rings. The van der Waals surface area contributed by atoms with Crippen LogP contribution in [0.4, 0.5) is 4.79 Å². The second-order valence-corrected chi connectivity index (χ2v) is 5.80. The first-order chi connectivity index (χ1) is 9.06. The molecule has 0 aromatic heterocycles. The minimum absolute atomic E-state index is 0.122. The zero-order chi connectivity index (χ0) is 13.8. The lowest BCUT2D eigenvalue weighted by atomic mass is 10.1.